The van der Waals surface area contributed by atoms with Crippen LogP contribution in [0.3, 0.4) is 0 Å². The van der Waals surface area contributed by atoms with Crippen molar-refractivity contribution in [2.75, 3.05) is 19.8 Å². The van der Waals surface area contributed by atoms with Gasteiger partial charge in [0.25, 0.3) is 5.09 Å². The van der Waals surface area contributed by atoms with Crippen LogP contribution in [0.25, 0.3) is 0 Å². The summed E-state index contributed by atoms with van der Waals surface area (Å²) in [5.41, 5.74) is -7.21. The third kappa shape index (κ3) is 5.75. The first-order valence-electron chi connectivity index (χ1n) is 14.8. The number of hydrogen-bond acceptors (Lipinski definition) is 13. The molecular weight excluding hydrogens is 619 g/mol. The zero-order chi connectivity index (χ0) is 34.2. The summed E-state index contributed by atoms with van der Waals surface area (Å²) < 4.78 is 26.8. The van der Waals surface area contributed by atoms with Gasteiger partial charge in [-0.25, -0.2) is 14.0 Å². The van der Waals surface area contributed by atoms with Crippen LogP contribution in [0.1, 0.15) is 52.4 Å². The van der Waals surface area contributed by atoms with Crippen molar-refractivity contribution in [3.8, 4) is 0 Å². The van der Waals surface area contributed by atoms with Gasteiger partial charge in [-0.2, -0.15) is 0 Å². The third-order valence-electron chi connectivity index (χ3n) is 10.3. The molecule has 0 saturated heterocycles. The van der Waals surface area contributed by atoms with Crippen LogP contribution >= 0.6 is 0 Å². The van der Waals surface area contributed by atoms with Crippen LogP contribution in [0.4, 0.5) is 9.18 Å². The number of nitrogens with zero attached hydrogens (tertiary/aromatic N) is 1. The zero-order valence-corrected chi connectivity index (χ0v) is 25.2. The molecule has 0 spiro atoms. The maximum atomic E-state index is 17.2. The van der Waals surface area contributed by atoms with Gasteiger partial charge in [-0.05, 0) is 57.1 Å². The Balaban J connectivity index is 1.40. The molecule has 0 aromatic carbocycles. The van der Waals surface area contributed by atoms with Crippen LogP contribution in [-0.2, 0) is 33.5 Å². The highest BCUT2D eigenvalue weighted by Gasteiger charge is 2.76. The van der Waals surface area contributed by atoms with Crippen molar-refractivity contribution in [3.05, 3.63) is 33.9 Å². The Kier molecular flexibility index (Phi) is 9.62. The summed E-state index contributed by atoms with van der Waals surface area (Å²) >= 11 is 0. The molecule has 9 atom stereocenters. The van der Waals surface area contributed by atoms with Crippen molar-refractivity contribution in [1.82, 2.24) is 5.32 Å². The molecule has 46 heavy (non-hydrogen) atoms. The summed E-state index contributed by atoms with van der Waals surface area (Å²) in [5.74, 6) is -5.71. The number of amides is 1. The van der Waals surface area contributed by atoms with E-state index in [1.165, 1.54) is 25.2 Å². The molecule has 0 radical (unpaired) electrons. The second-order valence-electron chi connectivity index (χ2n) is 12.7. The van der Waals surface area contributed by atoms with E-state index in [1.807, 2.05) is 5.32 Å². The quantitative estimate of drug-likeness (QED) is 0.0823. The Bertz CT molecular complexity index is 1370. The summed E-state index contributed by atoms with van der Waals surface area (Å²) in [4.78, 5) is 75.3. The largest absolute Gasteiger partial charge is 0.480 e. The molecule has 4 aliphatic carbocycles. The van der Waals surface area contributed by atoms with E-state index in [0.717, 1.165) is 0 Å². The minimum absolute atomic E-state index is 0.0940. The van der Waals surface area contributed by atoms with Crippen LogP contribution < -0.4 is 5.32 Å². The molecule has 3 fully saturated rings. The minimum atomic E-state index is -2.57. The normalized spacial score (nSPS) is 36.7. The molecule has 0 aliphatic heterocycles. The lowest BCUT2D eigenvalue weighted by molar-refractivity contribution is -0.757. The first-order valence-corrected chi connectivity index (χ1v) is 14.8. The number of hydrogen-bond donors (Lipinski definition) is 5. The van der Waals surface area contributed by atoms with Crippen molar-refractivity contribution in [2.24, 2.45) is 22.7 Å². The predicted molar refractivity (Wildman–Crippen MR) is 149 cm³/mol. The molecule has 0 aromatic rings. The number of carbonyl (C=O) groups is 5. The van der Waals surface area contributed by atoms with Crippen LogP contribution in [0, 0.1) is 32.8 Å². The number of carbonyl (C=O) groups excluding carboxylic acids is 4. The Morgan fingerprint density at radius 3 is 2.52 bits per heavy atom. The monoisotopic (exact) mass is 656 g/mol. The number of Topliss-reactive ketones (excluding diaryl/α,β-unsaturated/α-hetero) is 1. The van der Waals surface area contributed by atoms with Gasteiger partial charge in [0.1, 0.15) is 6.61 Å². The fourth-order valence-electron chi connectivity index (χ4n) is 7.93. The van der Waals surface area contributed by atoms with E-state index < -0.39 is 107 Å². The van der Waals surface area contributed by atoms with Crippen LogP contribution in [0.5, 0.6) is 0 Å². The van der Waals surface area contributed by atoms with Crippen LogP contribution in [0.15, 0.2) is 23.8 Å². The van der Waals surface area contributed by atoms with Gasteiger partial charge in [0.05, 0.1) is 18.8 Å². The molecule has 16 nitrogen and oxygen atoms in total. The number of aliphatic hydroxyl groups excluding tert-OH is 2. The van der Waals surface area contributed by atoms with Gasteiger partial charge in [-0.15, -0.1) is 10.1 Å². The maximum Gasteiger partial charge on any atom is 0.408 e. The number of ether oxygens (including phenoxy) is 2. The second-order valence-corrected chi connectivity index (χ2v) is 12.7. The number of carboxylic acids is 1. The molecule has 4 rings (SSSR count). The number of esters is 1. The number of rotatable bonds is 12. The lowest BCUT2D eigenvalue weighted by atomic mass is 9.44. The Labute approximate surface area is 261 Å². The van der Waals surface area contributed by atoms with Crippen molar-refractivity contribution < 1.29 is 68.2 Å². The summed E-state index contributed by atoms with van der Waals surface area (Å²) in [7, 11) is 0. The topological polar surface area (TPSA) is 249 Å². The van der Waals surface area contributed by atoms with Crippen molar-refractivity contribution in [2.45, 2.75) is 81.9 Å². The van der Waals surface area contributed by atoms with Gasteiger partial charge >= 0.3 is 18.0 Å². The van der Waals surface area contributed by atoms with Gasteiger partial charge in [-0.3, -0.25) is 14.4 Å². The molecule has 254 valence electrons. The van der Waals surface area contributed by atoms with E-state index in [4.69, 9.17) is 9.47 Å². The van der Waals surface area contributed by atoms with Crippen LogP contribution in [0.2, 0.25) is 0 Å². The van der Waals surface area contributed by atoms with E-state index in [9.17, 15) is 54.5 Å². The second kappa shape index (κ2) is 12.7. The highest BCUT2D eigenvalue weighted by Crippen LogP contribution is 2.69. The van der Waals surface area contributed by atoms with E-state index in [-0.39, 0.29) is 31.5 Å². The highest BCUT2D eigenvalue weighted by atomic mass is 19.1. The number of halogens is 1. The average molecular weight is 657 g/mol. The van der Waals surface area contributed by atoms with E-state index in [2.05, 4.69) is 4.84 Å². The number of allylic oxidation sites excluding steroid dienone is 4. The van der Waals surface area contributed by atoms with Gasteiger partial charge in [0, 0.05) is 23.2 Å². The maximum absolute atomic E-state index is 17.2. The molecule has 0 bridgehead atoms. The van der Waals surface area contributed by atoms with Crippen molar-refractivity contribution in [1.29, 1.82) is 0 Å². The van der Waals surface area contributed by atoms with Gasteiger partial charge in [0.15, 0.2) is 29.7 Å². The number of fused-ring (bicyclic) bond motifs is 5. The molecule has 4 aliphatic rings. The lowest BCUT2D eigenvalue weighted by Crippen LogP contribution is -2.69. The molecule has 0 aromatic heterocycles. The first kappa shape index (κ1) is 34.9. The standard InChI is InChI=1S/C29H37FN2O14/c1-26-8-7-16(33)10-15(26)5-6-17-18-11-20(34)29(41,27(18,2)12-21(35)28(17,26)30)22(36)14-45-25(40)31-19(24(38)39)13-44-23(37)4-3-9-46-32(42)43/h7-8,10,17-21,34-35,41H,3-6,9,11-14H2,1-2H3,(H,31,40)(H,38,39)/t17-,18-,19?,20+,21-,26-,27-,28-,29-/m0/s1. The predicted octanol–water partition coefficient (Wildman–Crippen LogP) is 0.339. The third-order valence-corrected chi connectivity index (χ3v) is 10.3. The molecule has 5 N–H and O–H groups in total. The Morgan fingerprint density at radius 2 is 1.87 bits per heavy atom. The number of alkyl carbamates (subject to hydrolysis) is 1. The minimum Gasteiger partial charge on any atom is -0.480 e. The first-order chi connectivity index (χ1) is 21.4. The lowest BCUT2D eigenvalue weighted by Gasteiger charge is -2.62. The number of alkyl halides is 1. The van der Waals surface area contributed by atoms with Gasteiger partial charge in [0.2, 0.25) is 5.78 Å². The van der Waals surface area contributed by atoms with Crippen molar-refractivity contribution in [3.63, 3.8) is 0 Å². The molecule has 3 saturated carbocycles. The average Bonchev–Trinajstić information content (AvgIpc) is 3.18. The zero-order valence-electron chi connectivity index (χ0n) is 25.2. The number of aliphatic hydroxyl groups is 3. The number of ketones is 2. The summed E-state index contributed by atoms with van der Waals surface area (Å²) in [6, 6.07) is -1.81. The molecular formula is C29H37FN2O14. The number of aliphatic carboxylic acids is 1. The SMILES string of the molecule is C[C@]12C=CC(=O)C=C1CC[C@H]1[C@@H]3C[C@@H](O)[C@](O)(C(=O)COC(=O)NC(COC(=O)CCCO[N+](=O)[O-])C(=O)O)[C@@]3(C)C[C@H](O)[C@@]12F. The van der Waals surface area contributed by atoms with E-state index in [1.54, 1.807) is 6.92 Å². The number of nitrogens with one attached hydrogen (secondary N) is 1. The molecule has 1 unspecified atom stereocenters. The Morgan fingerprint density at radius 1 is 1.17 bits per heavy atom. The highest BCUT2D eigenvalue weighted by molar-refractivity contribution is 6.01. The van der Waals surface area contributed by atoms with Gasteiger partial charge < -0.3 is 40.1 Å². The smallest absolute Gasteiger partial charge is 0.408 e. The summed E-state index contributed by atoms with van der Waals surface area (Å²) in [6.45, 7) is 0.686. The van der Waals surface area contributed by atoms with E-state index in [0.29, 0.717) is 12.0 Å². The summed E-state index contributed by atoms with van der Waals surface area (Å²) in [5, 5.41) is 54.5. The van der Waals surface area contributed by atoms with E-state index >= 15 is 4.39 Å². The fraction of sp³-hybridized carbons (Fsp3) is 0.690. The van der Waals surface area contributed by atoms with Gasteiger partial charge in [-0.1, -0.05) is 18.6 Å². The molecule has 0 heterocycles. The fourth-order valence-corrected chi connectivity index (χ4v) is 7.93. The van der Waals surface area contributed by atoms with Crippen LogP contribution in [-0.4, -0.2) is 104 Å². The Hall–Kier alpha value is -3.96. The molecule has 17 heteroatoms. The summed E-state index contributed by atoms with van der Waals surface area (Å²) in [6.07, 6.45) is -1.38. The molecule has 1 amide bonds. The number of carboxylic acid groups (broad SMARTS) is 1. The van der Waals surface area contributed by atoms with Crippen molar-refractivity contribution >= 4 is 29.6 Å².